The van der Waals surface area contributed by atoms with E-state index in [4.69, 9.17) is 14.5 Å². The van der Waals surface area contributed by atoms with Gasteiger partial charge >= 0.3 is 13.7 Å². The molecule has 0 saturated carbocycles. The van der Waals surface area contributed by atoms with E-state index in [2.05, 4.69) is 16.0 Å². The predicted octanol–water partition coefficient (Wildman–Crippen LogP) is 1.08. The average molecular weight is 429 g/mol. The van der Waals surface area contributed by atoms with Crippen LogP contribution in [-0.2, 0) is 25.5 Å². The Kier molecular flexibility index (Phi) is 9.29. The summed E-state index contributed by atoms with van der Waals surface area (Å²) >= 11 is 0. The first-order valence-electron chi connectivity index (χ1n) is 9.05. The lowest BCUT2D eigenvalue weighted by atomic mass is 10.0. The molecular formula is C18H28N3O7P. The fourth-order valence-electron chi connectivity index (χ4n) is 2.21. The third-order valence-corrected chi connectivity index (χ3v) is 5.18. The van der Waals surface area contributed by atoms with Gasteiger partial charge in [0.2, 0.25) is 11.8 Å². The van der Waals surface area contributed by atoms with E-state index in [1.807, 2.05) is 6.07 Å². The molecule has 1 rings (SSSR count). The van der Waals surface area contributed by atoms with Crippen molar-refractivity contribution in [2.75, 3.05) is 0 Å². The summed E-state index contributed by atoms with van der Waals surface area (Å²) in [5, 5.41) is 7.03. The smallest absolute Gasteiger partial charge is 0.408 e. The summed E-state index contributed by atoms with van der Waals surface area (Å²) in [7, 11) is -4.49. The highest BCUT2D eigenvalue weighted by atomic mass is 31.2. The van der Waals surface area contributed by atoms with Crippen LogP contribution in [0.5, 0.6) is 0 Å². The number of hydrogen-bond acceptors (Lipinski definition) is 5. The van der Waals surface area contributed by atoms with Gasteiger partial charge in [0, 0.05) is 0 Å². The molecule has 5 N–H and O–H groups in total. The van der Waals surface area contributed by atoms with Crippen molar-refractivity contribution >= 4 is 25.5 Å². The maximum atomic E-state index is 12.5. The van der Waals surface area contributed by atoms with Gasteiger partial charge in [-0.1, -0.05) is 44.2 Å². The van der Waals surface area contributed by atoms with Crippen LogP contribution in [0.25, 0.3) is 0 Å². The first kappa shape index (κ1) is 24.6. The van der Waals surface area contributed by atoms with Gasteiger partial charge < -0.3 is 30.5 Å². The highest BCUT2D eigenvalue weighted by molar-refractivity contribution is 7.52. The van der Waals surface area contributed by atoms with E-state index in [1.54, 1.807) is 38.1 Å². The molecule has 3 atom stereocenters. The summed E-state index contributed by atoms with van der Waals surface area (Å²) in [4.78, 5) is 54.6. The molecule has 0 fully saturated rings. The Labute approximate surface area is 169 Å². The van der Waals surface area contributed by atoms with Gasteiger partial charge in [0.05, 0.1) is 0 Å². The minimum absolute atomic E-state index is 0.0399. The molecule has 0 radical (unpaired) electrons. The number of benzene rings is 1. The molecule has 1 aromatic carbocycles. The van der Waals surface area contributed by atoms with E-state index in [0.29, 0.717) is 0 Å². The van der Waals surface area contributed by atoms with Crippen molar-refractivity contribution in [2.45, 2.75) is 52.2 Å². The molecule has 1 aromatic rings. The van der Waals surface area contributed by atoms with Crippen molar-refractivity contribution in [1.29, 1.82) is 0 Å². The van der Waals surface area contributed by atoms with Gasteiger partial charge in [0.1, 0.15) is 24.5 Å². The number of carbonyl (C=O) groups is 3. The molecule has 0 aliphatic carbocycles. The van der Waals surface area contributed by atoms with E-state index in [1.165, 1.54) is 6.92 Å². The highest BCUT2D eigenvalue weighted by Crippen LogP contribution is 2.39. The number of hydrogen-bond donors (Lipinski definition) is 5. The number of alkyl carbamates (subject to hydrolysis) is 1. The van der Waals surface area contributed by atoms with Crippen molar-refractivity contribution in [2.24, 2.45) is 5.92 Å². The van der Waals surface area contributed by atoms with Gasteiger partial charge in [-0.25, -0.2) is 4.79 Å². The van der Waals surface area contributed by atoms with Gasteiger partial charge in [-0.2, -0.15) is 0 Å². The molecular weight excluding hydrogens is 401 g/mol. The van der Waals surface area contributed by atoms with Crippen LogP contribution >= 0.6 is 7.60 Å². The van der Waals surface area contributed by atoms with Gasteiger partial charge in [-0.3, -0.25) is 14.2 Å². The quantitative estimate of drug-likeness (QED) is 0.368. The molecule has 0 aromatic heterocycles. The zero-order valence-electron chi connectivity index (χ0n) is 16.8. The molecule has 162 valence electrons. The Bertz CT molecular complexity index is 751. The standard InChI is InChI=1S/C18H28N3O7P/c1-11(2)15(21-18(24)28-10-14-8-6-5-7-9-14)17(23)19-12(3)16(22)20-13(4)29(25,26)27/h5-9,11-13,15H,10H2,1-4H3,(H,19,23)(H,20,22)(H,21,24)(H2,25,26,27)/t12-,13+,15-/m0/s1. The monoisotopic (exact) mass is 429 g/mol. The largest absolute Gasteiger partial charge is 0.445 e. The Hall–Kier alpha value is -2.42. The van der Waals surface area contributed by atoms with Crippen LogP contribution in [0.15, 0.2) is 30.3 Å². The van der Waals surface area contributed by atoms with E-state index in [-0.39, 0.29) is 12.5 Å². The lowest BCUT2D eigenvalue weighted by Gasteiger charge is -2.24. The Balaban J connectivity index is 2.61. The first-order chi connectivity index (χ1) is 13.4. The molecule has 11 heteroatoms. The number of rotatable bonds is 9. The molecule has 29 heavy (non-hydrogen) atoms. The molecule has 0 heterocycles. The molecule has 0 aliphatic heterocycles. The summed E-state index contributed by atoms with van der Waals surface area (Å²) in [5.74, 6) is -3.07. The van der Waals surface area contributed by atoms with Crippen LogP contribution in [0.4, 0.5) is 4.79 Å². The molecule has 0 unspecified atom stereocenters. The van der Waals surface area contributed by atoms with E-state index < -0.39 is 43.4 Å². The number of ether oxygens (including phenoxy) is 1. The van der Waals surface area contributed by atoms with Crippen LogP contribution in [-0.4, -0.2) is 45.6 Å². The van der Waals surface area contributed by atoms with Gasteiger partial charge in [0.15, 0.2) is 0 Å². The highest BCUT2D eigenvalue weighted by Gasteiger charge is 2.30. The molecule has 3 amide bonds. The molecule has 0 saturated heterocycles. The second-order valence-electron chi connectivity index (χ2n) is 6.93. The topological polar surface area (TPSA) is 154 Å². The summed E-state index contributed by atoms with van der Waals surface area (Å²) in [5.41, 5.74) is 0.790. The van der Waals surface area contributed by atoms with Crippen molar-refractivity contribution in [3.8, 4) is 0 Å². The molecule has 0 aliphatic rings. The zero-order valence-corrected chi connectivity index (χ0v) is 17.7. The SMILES string of the molecule is CC(C)[C@H](NC(=O)OCc1ccccc1)C(=O)N[C@@H](C)C(=O)N[C@@H](C)P(=O)(O)O. The van der Waals surface area contributed by atoms with Crippen LogP contribution in [0.1, 0.15) is 33.3 Å². The van der Waals surface area contributed by atoms with Crippen LogP contribution in [0.2, 0.25) is 0 Å². The van der Waals surface area contributed by atoms with Crippen molar-refractivity contribution < 1.29 is 33.5 Å². The van der Waals surface area contributed by atoms with Crippen molar-refractivity contribution in [3.05, 3.63) is 35.9 Å². The average Bonchev–Trinajstić information content (AvgIpc) is 2.63. The number of nitrogens with one attached hydrogen (secondary N) is 3. The summed E-state index contributed by atoms with van der Waals surface area (Å²) in [6, 6.07) is 6.99. The summed E-state index contributed by atoms with van der Waals surface area (Å²) in [6.45, 7) is 5.99. The second kappa shape index (κ2) is 10.9. The van der Waals surface area contributed by atoms with E-state index in [0.717, 1.165) is 12.5 Å². The van der Waals surface area contributed by atoms with E-state index in [9.17, 15) is 18.9 Å². The second-order valence-corrected chi connectivity index (χ2v) is 8.88. The lowest BCUT2D eigenvalue weighted by molar-refractivity contribution is -0.130. The van der Waals surface area contributed by atoms with Crippen LogP contribution in [0, 0.1) is 5.92 Å². The van der Waals surface area contributed by atoms with E-state index >= 15 is 0 Å². The minimum Gasteiger partial charge on any atom is -0.445 e. The number of amides is 3. The molecule has 0 spiro atoms. The van der Waals surface area contributed by atoms with Crippen molar-refractivity contribution in [1.82, 2.24) is 16.0 Å². The fraction of sp³-hybridized carbons (Fsp3) is 0.500. The Morgan fingerprint density at radius 3 is 2.07 bits per heavy atom. The van der Waals surface area contributed by atoms with Gasteiger partial charge in [0.25, 0.3) is 0 Å². The predicted molar refractivity (Wildman–Crippen MR) is 106 cm³/mol. The zero-order chi connectivity index (χ0) is 22.2. The fourth-order valence-corrected chi connectivity index (χ4v) is 2.51. The third kappa shape index (κ3) is 8.64. The summed E-state index contributed by atoms with van der Waals surface area (Å²) in [6.07, 6.45) is -0.782. The maximum absolute atomic E-state index is 12.5. The summed E-state index contributed by atoms with van der Waals surface area (Å²) < 4.78 is 16.2. The van der Waals surface area contributed by atoms with Crippen LogP contribution in [0.3, 0.4) is 0 Å². The first-order valence-corrected chi connectivity index (χ1v) is 10.7. The minimum atomic E-state index is -4.49. The molecule has 0 bridgehead atoms. The van der Waals surface area contributed by atoms with Crippen molar-refractivity contribution in [3.63, 3.8) is 0 Å². The third-order valence-electron chi connectivity index (χ3n) is 4.04. The lowest BCUT2D eigenvalue weighted by Crippen LogP contribution is -2.55. The maximum Gasteiger partial charge on any atom is 0.408 e. The normalized spacial score (nSPS) is 14.4. The van der Waals surface area contributed by atoms with Gasteiger partial charge in [-0.05, 0) is 25.3 Å². The molecule has 10 nitrogen and oxygen atoms in total. The van der Waals surface area contributed by atoms with Crippen LogP contribution < -0.4 is 16.0 Å². The Morgan fingerprint density at radius 1 is 0.966 bits per heavy atom. The van der Waals surface area contributed by atoms with Gasteiger partial charge in [-0.15, -0.1) is 0 Å². The number of carbonyl (C=O) groups excluding carboxylic acids is 3. The Morgan fingerprint density at radius 2 is 1.55 bits per heavy atom.